The smallest absolute Gasteiger partial charge is 0.240 e. The van der Waals surface area contributed by atoms with E-state index in [1.807, 2.05) is 13.0 Å². The molecule has 98 valence electrons. The van der Waals surface area contributed by atoms with E-state index in [1.54, 1.807) is 13.0 Å². The van der Waals surface area contributed by atoms with E-state index in [0.717, 1.165) is 0 Å². The Morgan fingerprint density at radius 1 is 1.50 bits per heavy atom. The monoisotopic (exact) mass is 267 g/mol. The molecule has 1 aromatic carbocycles. The van der Waals surface area contributed by atoms with E-state index in [1.165, 1.54) is 12.1 Å². The van der Waals surface area contributed by atoms with Crippen LogP contribution in [0.3, 0.4) is 0 Å². The zero-order valence-electron chi connectivity index (χ0n) is 10.5. The summed E-state index contributed by atoms with van der Waals surface area (Å²) in [7, 11) is -3.53. The molecule has 6 heteroatoms. The Morgan fingerprint density at radius 3 is 2.67 bits per heavy atom. The van der Waals surface area contributed by atoms with Crippen molar-refractivity contribution in [1.29, 1.82) is 5.26 Å². The Morgan fingerprint density at radius 2 is 2.17 bits per heavy atom. The van der Waals surface area contributed by atoms with Crippen molar-refractivity contribution in [2.45, 2.75) is 31.2 Å². The van der Waals surface area contributed by atoms with Crippen LogP contribution in [0.4, 0.5) is 0 Å². The van der Waals surface area contributed by atoms with Crippen molar-refractivity contribution in [3.05, 3.63) is 29.3 Å². The van der Waals surface area contributed by atoms with Crippen LogP contribution in [0.15, 0.2) is 23.1 Å². The molecule has 0 aliphatic carbocycles. The zero-order chi connectivity index (χ0) is 13.8. The van der Waals surface area contributed by atoms with Crippen LogP contribution in [0.2, 0.25) is 0 Å². The van der Waals surface area contributed by atoms with Crippen molar-refractivity contribution in [1.82, 2.24) is 4.72 Å². The van der Waals surface area contributed by atoms with Crippen molar-refractivity contribution in [2.75, 3.05) is 6.54 Å². The molecule has 0 radical (unpaired) electrons. The van der Waals surface area contributed by atoms with Gasteiger partial charge in [0.05, 0.1) is 16.5 Å². The summed E-state index contributed by atoms with van der Waals surface area (Å²) in [4.78, 5) is 0.200. The van der Waals surface area contributed by atoms with Crippen molar-refractivity contribution < 1.29 is 8.42 Å². The first-order valence-electron chi connectivity index (χ1n) is 5.63. The zero-order valence-corrected chi connectivity index (χ0v) is 11.3. The number of aryl methyl sites for hydroxylation is 1. The predicted molar refractivity (Wildman–Crippen MR) is 69.3 cm³/mol. The number of nitrogens with two attached hydrogens (primary N) is 1. The average molecular weight is 267 g/mol. The second-order valence-electron chi connectivity index (χ2n) is 4.26. The first-order valence-corrected chi connectivity index (χ1v) is 7.11. The van der Waals surface area contributed by atoms with Gasteiger partial charge in [-0.15, -0.1) is 0 Å². The molecule has 0 bridgehead atoms. The highest BCUT2D eigenvalue weighted by atomic mass is 32.2. The lowest BCUT2D eigenvalue weighted by molar-refractivity contribution is 0.571. The van der Waals surface area contributed by atoms with Gasteiger partial charge in [-0.2, -0.15) is 5.26 Å². The average Bonchev–Trinajstić information content (AvgIpc) is 2.27. The van der Waals surface area contributed by atoms with E-state index in [9.17, 15) is 8.42 Å². The molecule has 1 atom stereocenters. The summed E-state index contributed by atoms with van der Waals surface area (Å²) in [6.45, 7) is 3.79. The largest absolute Gasteiger partial charge is 0.328 e. The highest BCUT2D eigenvalue weighted by Gasteiger charge is 2.16. The molecule has 0 aliphatic heterocycles. The standard InChI is InChI=1S/C12H17N3O2S/c1-9-7-11(8-13)3-4-12(9)18(16,17)15-6-5-10(2)14/h3-4,7,10,15H,5-6,14H2,1-2H3/t10-/m1/s1. The number of benzene rings is 1. The molecule has 18 heavy (non-hydrogen) atoms. The first kappa shape index (κ1) is 14.6. The Hall–Kier alpha value is -1.42. The molecular formula is C12H17N3O2S. The van der Waals surface area contributed by atoms with Crippen LogP contribution in [-0.4, -0.2) is 21.0 Å². The van der Waals surface area contributed by atoms with Crippen LogP contribution < -0.4 is 10.5 Å². The molecule has 0 heterocycles. The lowest BCUT2D eigenvalue weighted by atomic mass is 10.2. The van der Waals surface area contributed by atoms with Crippen molar-refractivity contribution >= 4 is 10.0 Å². The molecule has 0 aliphatic rings. The van der Waals surface area contributed by atoms with Gasteiger partial charge in [0.1, 0.15) is 0 Å². The minimum atomic E-state index is -3.53. The van der Waals surface area contributed by atoms with Crippen LogP contribution in [0.1, 0.15) is 24.5 Å². The van der Waals surface area contributed by atoms with Crippen LogP contribution in [-0.2, 0) is 10.0 Å². The Labute approximate surface area is 108 Å². The van der Waals surface area contributed by atoms with Gasteiger partial charge < -0.3 is 5.73 Å². The van der Waals surface area contributed by atoms with Gasteiger partial charge in [0.15, 0.2) is 0 Å². The van der Waals surface area contributed by atoms with E-state index in [2.05, 4.69) is 4.72 Å². The molecule has 0 fully saturated rings. The second-order valence-corrected chi connectivity index (χ2v) is 5.99. The van der Waals surface area contributed by atoms with Gasteiger partial charge in [-0.05, 0) is 44.0 Å². The molecule has 5 nitrogen and oxygen atoms in total. The lowest BCUT2D eigenvalue weighted by Gasteiger charge is -2.10. The Balaban J connectivity index is 2.89. The van der Waals surface area contributed by atoms with E-state index < -0.39 is 10.0 Å². The van der Waals surface area contributed by atoms with E-state index in [4.69, 9.17) is 11.0 Å². The first-order chi connectivity index (χ1) is 8.36. The summed E-state index contributed by atoms with van der Waals surface area (Å²) in [6.07, 6.45) is 0.578. The fourth-order valence-electron chi connectivity index (χ4n) is 1.52. The van der Waals surface area contributed by atoms with Crippen molar-refractivity contribution in [3.8, 4) is 6.07 Å². The van der Waals surface area contributed by atoms with Gasteiger partial charge in [0.2, 0.25) is 10.0 Å². The summed E-state index contributed by atoms with van der Waals surface area (Å²) in [5, 5.41) is 8.73. The summed E-state index contributed by atoms with van der Waals surface area (Å²) >= 11 is 0. The van der Waals surface area contributed by atoms with Gasteiger partial charge in [0.25, 0.3) is 0 Å². The molecule has 3 N–H and O–H groups in total. The highest BCUT2D eigenvalue weighted by molar-refractivity contribution is 7.89. The number of rotatable bonds is 5. The molecular weight excluding hydrogens is 250 g/mol. The van der Waals surface area contributed by atoms with E-state index in [-0.39, 0.29) is 10.9 Å². The summed E-state index contributed by atoms with van der Waals surface area (Å²) < 4.78 is 26.5. The van der Waals surface area contributed by atoms with Crippen LogP contribution in [0.25, 0.3) is 0 Å². The summed E-state index contributed by atoms with van der Waals surface area (Å²) in [6, 6.07) is 6.42. The molecule has 0 aromatic heterocycles. The third kappa shape index (κ3) is 3.81. The van der Waals surface area contributed by atoms with E-state index >= 15 is 0 Å². The molecule has 0 unspecified atom stereocenters. The third-order valence-corrected chi connectivity index (χ3v) is 4.11. The minimum absolute atomic E-state index is 0.0465. The maximum atomic E-state index is 12.0. The van der Waals surface area contributed by atoms with Gasteiger partial charge >= 0.3 is 0 Å². The quantitative estimate of drug-likeness (QED) is 0.827. The Kier molecular flexibility index (Phi) is 4.84. The van der Waals surface area contributed by atoms with Crippen molar-refractivity contribution in [3.63, 3.8) is 0 Å². The maximum Gasteiger partial charge on any atom is 0.240 e. The number of nitriles is 1. The number of hydrogen-bond acceptors (Lipinski definition) is 4. The molecule has 1 rings (SSSR count). The van der Waals surface area contributed by atoms with Crippen LogP contribution in [0, 0.1) is 18.3 Å². The van der Waals surface area contributed by atoms with Crippen molar-refractivity contribution in [2.24, 2.45) is 5.73 Å². The molecule has 0 spiro atoms. The van der Waals surface area contributed by atoms with Gasteiger partial charge in [-0.25, -0.2) is 13.1 Å². The molecule has 0 saturated heterocycles. The van der Waals surface area contributed by atoms with Crippen LogP contribution in [0.5, 0.6) is 0 Å². The number of nitrogens with one attached hydrogen (secondary N) is 1. The van der Waals surface area contributed by atoms with E-state index in [0.29, 0.717) is 24.1 Å². The molecule has 1 aromatic rings. The normalized spacial score (nSPS) is 13.0. The van der Waals surface area contributed by atoms with Gasteiger partial charge in [-0.1, -0.05) is 0 Å². The lowest BCUT2D eigenvalue weighted by Crippen LogP contribution is -2.29. The number of sulfonamides is 1. The fourth-order valence-corrected chi connectivity index (χ4v) is 2.79. The topological polar surface area (TPSA) is 96.0 Å². The summed E-state index contributed by atoms with van der Waals surface area (Å²) in [5.74, 6) is 0. The summed E-state index contributed by atoms with van der Waals surface area (Å²) in [5.41, 5.74) is 6.56. The van der Waals surface area contributed by atoms with Gasteiger partial charge in [-0.3, -0.25) is 0 Å². The Bertz CT molecular complexity index is 559. The molecule has 0 amide bonds. The number of hydrogen-bond donors (Lipinski definition) is 2. The van der Waals surface area contributed by atoms with Crippen LogP contribution >= 0.6 is 0 Å². The third-order valence-electron chi connectivity index (χ3n) is 2.49. The number of nitrogens with zero attached hydrogens (tertiary/aromatic N) is 1. The fraction of sp³-hybridized carbons (Fsp3) is 0.417. The highest BCUT2D eigenvalue weighted by Crippen LogP contribution is 2.16. The van der Waals surface area contributed by atoms with Gasteiger partial charge in [0, 0.05) is 12.6 Å². The predicted octanol–water partition coefficient (Wildman–Crippen LogP) is 0.882. The maximum absolute atomic E-state index is 12.0. The second kappa shape index (κ2) is 5.96. The SMILES string of the molecule is Cc1cc(C#N)ccc1S(=O)(=O)NCC[C@@H](C)N. The molecule has 0 saturated carbocycles. The minimum Gasteiger partial charge on any atom is -0.328 e.